The van der Waals surface area contributed by atoms with E-state index >= 15 is 0 Å². The van der Waals surface area contributed by atoms with Crippen molar-refractivity contribution in [3.63, 3.8) is 0 Å². The molecule has 0 bridgehead atoms. The number of amides is 1. The Bertz CT molecular complexity index is 695. The SMILES string of the molecule is NC1CCCN(C(=O)C(Sc2ccccc2F)c2ccccc2)C1. The van der Waals surface area contributed by atoms with Crippen LogP contribution >= 0.6 is 11.8 Å². The summed E-state index contributed by atoms with van der Waals surface area (Å²) < 4.78 is 14.1. The zero-order valence-corrected chi connectivity index (χ0v) is 14.2. The van der Waals surface area contributed by atoms with Crippen molar-refractivity contribution in [3.8, 4) is 0 Å². The summed E-state index contributed by atoms with van der Waals surface area (Å²) in [5.74, 6) is -0.295. The minimum atomic E-state index is -0.464. The Morgan fingerprint density at radius 1 is 1.17 bits per heavy atom. The van der Waals surface area contributed by atoms with E-state index in [4.69, 9.17) is 5.73 Å². The van der Waals surface area contributed by atoms with E-state index in [9.17, 15) is 9.18 Å². The Morgan fingerprint density at radius 3 is 2.58 bits per heavy atom. The van der Waals surface area contributed by atoms with Gasteiger partial charge in [0.25, 0.3) is 0 Å². The Balaban J connectivity index is 1.87. The van der Waals surface area contributed by atoms with Gasteiger partial charge in [-0.1, -0.05) is 42.5 Å². The van der Waals surface area contributed by atoms with Gasteiger partial charge in [-0.05, 0) is 30.5 Å². The highest BCUT2D eigenvalue weighted by molar-refractivity contribution is 8.00. The number of halogens is 1. The van der Waals surface area contributed by atoms with E-state index in [0.29, 0.717) is 18.0 Å². The van der Waals surface area contributed by atoms with Crippen LogP contribution in [-0.4, -0.2) is 29.9 Å². The zero-order valence-electron chi connectivity index (χ0n) is 13.4. The van der Waals surface area contributed by atoms with Crippen molar-refractivity contribution in [2.75, 3.05) is 13.1 Å². The molecular weight excluding hydrogens is 323 g/mol. The van der Waals surface area contributed by atoms with E-state index in [-0.39, 0.29) is 17.8 Å². The fourth-order valence-corrected chi connectivity index (χ4v) is 4.07. The molecule has 0 saturated carbocycles. The van der Waals surface area contributed by atoms with Gasteiger partial charge in [-0.25, -0.2) is 4.39 Å². The summed E-state index contributed by atoms with van der Waals surface area (Å²) >= 11 is 1.26. The van der Waals surface area contributed by atoms with Crippen molar-refractivity contribution >= 4 is 17.7 Å². The number of thioether (sulfide) groups is 1. The molecule has 2 atom stereocenters. The molecule has 24 heavy (non-hydrogen) atoms. The first-order valence-electron chi connectivity index (χ1n) is 8.15. The zero-order chi connectivity index (χ0) is 16.9. The lowest BCUT2D eigenvalue weighted by Crippen LogP contribution is -2.47. The number of carbonyl (C=O) groups excluding carboxylic acids is 1. The predicted octanol–water partition coefficient (Wildman–Crippen LogP) is 3.61. The van der Waals surface area contributed by atoms with Gasteiger partial charge in [0.2, 0.25) is 5.91 Å². The molecule has 1 fully saturated rings. The molecule has 1 heterocycles. The van der Waals surface area contributed by atoms with Gasteiger partial charge in [-0.3, -0.25) is 4.79 Å². The van der Waals surface area contributed by atoms with Crippen LogP contribution in [0, 0.1) is 5.82 Å². The van der Waals surface area contributed by atoms with Crippen LogP contribution in [0.3, 0.4) is 0 Å². The molecular formula is C19H21FN2OS. The Morgan fingerprint density at radius 2 is 1.88 bits per heavy atom. The standard InChI is InChI=1S/C19H21FN2OS/c20-16-10-4-5-11-17(16)24-18(14-7-2-1-3-8-14)19(23)22-12-6-9-15(21)13-22/h1-5,7-8,10-11,15,18H,6,9,12-13,21H2. The molecule has 1 saturated heterocycles. The van der Waals surface area contributed by atoms with Gasteiger partial charge in [0, 0.05) is 24.0 Å². The largest absolute Gasteiger partial charge is 0.340 e. The van der Waals surface area contributed by atoms with E-state index in [1.165, 1.54) is 17.8 Å². The Kier molecular flexibility index (Phi) is 5.53. The van der Waals surface area contributed by atoms with Gasteiger partial charge < -0.3 is 10.6 Å². The normalized spacial score (nSPS) is 19.1. The molecule has 2 aromatic carbocycles. The van der Waals surface area contributed by atoms with Crippen LogP contribution in [0.4, 0.5) is 4.39 Å². The van der Waals surface area contributed by atoms with Crippen molar-refractivity contribution in [2.24, 2.45) is 5.73 Å². The lowest BCUT2D eigenvalue weighted by Gasteiger charge is -2.33. The molecule has 0 aliphatic carbocycles. The van der Waals surface area contributed by atoms with Crippen LogP contribution in [0.25, 0.3) is 0 Å². The van der Waals surface area contributed by atoms with E-state index in [1.807, 2.05) is 35.2 Å². The second-order valence-corrected chi connectivity index (χ2v) is 7.17. The molecule has 2 aromatic rings. The minimum Gasteiger partial charge on any atom is -0.340 e. The van der Waals surface area contributed by atoms with Gasteiger partial charge in [-0.2, -0.15) is 0 Å². The maximum atomic E-state index is 14.1. The molecule has 126 valence electrons. The number of hydrogen-bond acceptors (Lipinski definition) is 3. The highest BCUT2D eigenvalue weighted by atomic mass is 32.2. The van der Waals surface area contributed by atoms with Crippen LogP contribution in [0.1, 0.15) is 23.7 Å². The second kappa shape index (κ2) is 7.81. The first-order valence-corrected chi connectivity index (χ1v) is 9.03. The summed E-state index contributed by atoms with van der Waals surface area (Å²) in [5, 5.41) is -0.464. The number of likely N-dealkylation sites (tertiary alicyclic amines) is 1. The third-order valence-corrected chi connectivity index (χ3v) is 5.47. The fraction of sp³-hybridized carbons (Fsp3) is 0.316. The average molecular weight is 344 g/mol. The summed E-state index contributed by atoms with van der Waals surface area (Å²) in [6.07, 6.45) is 1.86. The lowest BCUT2D eigenvalue weighted by molar-refractivity contribution is -0.131. The van der Waals surface area contributed by atoms with E-state index in [0.717, 1.165) is 18.4 Å². The van der Waals surface area contributed by atoms with Crippen molar-refractivity contribution in [1.29, 1.82) is 0 Å². The second-order valence-electron chi connectivity index (χ2n) is 6.03. The van der Waals surface area contributed by atoms with Crippen LogP contribution < -0.4 is 5.73 Å². The van der Waals surface area contributed by atoms with Gasteiger partial charge in [0.1, 0.15) is 11.1 Å². The van der Waals surface area contributed by atoms with Crippen LogP contribution in [-0.2, 0) is 4.79 Å². The number of nitrogens with two attached hydrogens (primary N) is 1. The molecule has 0 radical (unpaired) electrons. The molecule has 1 aliphatic rings. The van der Waals surface area contributed by atoms with Crippen molar-refractivity contribution in [2.45, 2.75) is 29.0 Å². The molecule has 5 heteroatoms. The van der Waals surface area contributed by atoms with Crippen molar-refractivity contribution in [1.82, 2.24) is 4.90 Å². The molecule has 0 spiro atoms. The molecule has 0 aromatic heterocycles. The molecule has 3 rings (SSSR count). The Labute approximate surface area is 146 Å². The molecule has 3 nitrogen and oxygen atoms in total. The van der Waals surface area contributed by atoms with E-state index < -0.39 is 5.25 Å². The minimum absolute atomic E-state index is 0.00426. The molecule has 1 amide bonds. The van der Waals surface area contributed by atoms with Crippen LogP contribution in [0.2, 0.25) is 0 Å². The number of carbonyl (C=O) groups is 1. The fourth-order valence-electron chi connectivity index (χ4n) is 2.93. The van der Waals surface area contributed by atoms with Gasteiger partial charge in [0.05, 0.1) is 0 Å². The highest BCUT2D eigenvalue weighted by Gasteiger charge is 2.30. The third-order valence-electron chi connectivity index (χ3n) is 4.18. The third kappa shape index (κ3) is 3.97. The number of rotatable bonds is 4. The summed E-state index contributed by atoms with van der Waals surface area (Å²) in [6.45, 7) is 1.29. The number of benzene rings is 2. The van der Waals surface area contributed by atoms with Crippen LogP contribution in [0.5, 0.6) is 0 Å². The quantitative estimate of drug-likeness (QED) is 0.862. The Hall–Kier alpha value is -1.85. The summed E-state index contributed by atoms with van der Waals surface area (Å²) in [7, 11) is 0. The topological polar surface area (TPSA) is 46.3 Å². The van der Waals surface area contributed by atoms with Crippen molar-refractivity contribution < 1.29 is 9.18 Å². The van der Waals surface area contributed by atoms with Gasteiger partial charge in [-0.15, -0.1) is 11.8 Å². The summed E-state index contributed by atoms with van der Waals surface area (Å²) in [4.78, 5) is 15.4. The number of hydrogen-bond donors (Lipinski definition) is 1. The lowest BCUT2D eigenvalue weighted by atomic mass is 10.0. The smallest absolute Gasteiger partial charge is 0.240 e. The molecule has 1 aliphatic heterocycles. The van der Waals surface area contributed by atoms with E-state index in [1.54, 1.807) is 18.2 Å². The number of piperidine rings is 1. The van der Waals surface area contributed by atoms with E-state index in [2.05, 4.69) is 0 Å². The maximum Gasteiger partial charge on any atom is 0.240 e. The maximum absolute atomic E-state index is 14.1. The van der Waals surface area contributed by atoms with Crippen molar-refractivity contribution in [3.05, 3.63) is 66.0 Å². The highest BCUT2D eigenvalue weighted by Crippen LogP contribution is 2.38. The average Bonchev–Trinajstić information content (AvgIpc) is 2.61. The molecule has 2 unspecified atom stereocenters. The number of nitrogens with zero attached hydrogens (tertiary/aromatic N) is 1. The molecule has 2 N–H and O–H groups in total. The van der Waals surface area contributed by atoms with Crippen LogP contribution in [0.15, 0.2) is 59.5 Å². The predicted molar refractivity (Wildman–Crippen MR) is 95.2 cm³/mol. The monoisotopic (exact) mass is 344 g/mol. The first kappa shape index (κ1) is 17.0. The summed E-state index contributed by atoms with van der Waals surface area (Å²) in [6, 6.07) is 16.2. The van der Waals surface area contributed by atoms with Gasteiger partial charge in [0.15, 0.2) is 0 Å². The van der Waals surface area contributed by atoms with Gasteiger partial charge >= 0.3 is 0 Å². The first-order chi connectivity index (χ1) is 11.6. The summed E-state index contributed by atoms with van der Waals surface area (Å²) in [5.41, 5.74) is 6.90.